The van der Waals surface area contributed by atoms with Crippen molar-refractivity contribution in [3.8, 4) is 11.5 Å². The quantitative estimate of drug-likeness (QED) is 0.834. The van der Waals surface area contributed by atoms with Crippen molar-refractivity contribution in [2.75, 3.05) is 20.0 Å². The van der Waals surface area contributed by atoms with Crippen molar-refractivity contribution in [2.45, 2.75) is 11.4 Å². The molecule has 1 aromatic carbocycles. The van der Waals surface area contributed by atoms with E-state index in [0.29, 0.717) is 0 Å². The van der Waals surface area contributed by atoms with Gasteiger partial charge < -0.3 is 19.5 Å². The van der Waals surface area contributed by atoms with Gasteiger partial charge in [0.05, 0.1) is 25.5 Å². The number of carboxylic acid groups (broad SMARTS) is 1. The number of nitrogens with zero attached hydrogens (tertiary/aromatic N) is 1. The molecule has 1 amide bonds. The second-order valence-electron chi connectivity index (χ2n) is 5.01. The van der Waals surface area contributed by atoms with E-state index in [1.807, 2.05) is 0 Å². The van der Waals surface area contributed by atoms with Crippen LogP contribution < -0.4 is 9.47 Å². The molecule has 2 heterocycles. The van der Waals surface area contributed by atoms with E-state index in [0.717, 1.165) is 4.90 Å². The number of hydrogen-bond acceptors (Lipinski definition) is 6. The summed E-state index contributed by atoms with van der Waals surface area (Å²) in [5, 5.41) is 7.92. The van der Waals surface area contributed by atoms with E-state index in [4.69, 9.17) is 9.47 Å². The molecule has 0 aromatic heterocycles. The van der Waals surface area contributed by atoms with E-state index in [2.05, 4.69) is 0 Å². The Morgan fingerprint density at radius 2 is 2.00 bits per heavy atom. The highest BCUT2D eigenvalue weighted by atomic mass is 32.2. The molecule has 0 bridgehead atoms. The zero-order valence-electron chi connectivity index (χ0n) is 11.8. The van der Waals surface area contributed by atoms with E-state index < -0.39 is 38.9 Å². The van der Waals surface area contributed by atoms with Crippen molar-refractivity contribution in [1.29, 1.82) is 0 Å². The molecule has 0 radical (unpaired) electrons. The highest BCUT2D eigenvalue weighted by Gasteiger charge is 2.57. The Kier molecular flexibility index (Phi) is 3.06. The molecule has 1 saturated heterocycles. The Labute approximate surface area is 126 Å². The first kappa shape index (κ1) is 14.6. The van der Waals surface area contributed by atoms with Crippen LogP contribution in [0.2, 0.25) is 0 Å². The van der Waals surface area contributed by atoms with E-state index in [-0.39, 0.29) is 22.6 Å². The number of rotatable bonds is 3. The molecule has 0 aliphatic carbocycles. The molecule has 2 aliphatic heterocycles. The lowest BCUT2D eigenvalue weighted by Gasteiger charge is -2.18. The second kappa shape index (κ2) is 4.60. The van der Waals surface area contributed by atoms with Gasteiger partial charge in [0.1, 0.15) is 6.04 Å². The Morgan fingerprint density at radius 3 is 2.55 bits per heavy atom. The molecule has 2 aliphatic rings. The highest BCUT2D eigenvalue weighted by Crippen LogP contribution is 2.49. The number of fused-ring (bicyclic) bond motifs is 3. The highest BCUT2D eigenvalue weighted by molar-refractivity contribution is 7.92. The van der Waals surface area contributed by atoms with Gasteiger partial charge in [-0.2, -0.15) is 0 Å². The van der Waals surface area contributed by atoms with Crippen molar-refractivity contribution < 1.29 is 32.6 Å². The molecule has 2 atom stereocenters. The first-order valence-corrected chi connectivity index (χ1v) is 8.07. The van der Waals surface area contributed by atoms with Crippen LogP contribution in [0.4, 0.5) is 0 Å². The van der Waals surface area contributed by atoms with Gasteiger partial charge >= 0.3 is 5.97 Å². The average Bonchev–Trinajstić information content (AvgIpc) is 2.92. The lowest BCUT2D eigenvalue weighted by molar-refractivity contribution is -0.141. The van der Waals surface area contributed by atoms with E-state index in [1.165, 1.54) is 26.4 Å². The maximum atomic E-state index is 12.6. The van der Waals surface area contributed by atoms with Crippen molar-refractivity contribution in [2.24, 2.45) is 0 Å². The molecule has 9 heteroatoms. The van der Waals surface area contributed by atoms with Gasteiger partial charge in [-0.25, -0.2) is 13.2 Å². The van der Waals surface area contributed by atoms with Crippen molar-refractivity contribution in [1.82, 2.24) is 4.90 Å². The van der Waals surface area contributed by atoms with Crippen molar-refractivity contribution in [3.05, 3.63) is 23.3 Å². The monoisotopic (exact) mass is 327 g/mol. The number of benzene rings is 1. The number of sulfone groups is 1. The van der Waals surface area contributed by atoms with Crippen molar-refractivity contribution in [3.63, 3.8) is 0 Å². The molecule has 22 heavy (non-hydrogen) atoms. The predicted molar refractivity (Wildman–Crippen MR) is 73.7 cm³/mol. The van der Waals surface area contributed by atoms with Gasteiger partial charge in [0.25, 0.3) is 5.91 Å². The summed E-state index contributed by atoms with van der Waals surface area (Å²) >= 11 is 0. The molecule has 8 nitrogen and oxygen atoms in total. The molecular weight excluding hydrogens is 314 g/mol. The predicted octanol–water partition coefficient (Wildman–Crippen LogP) is 0.0398. The summed E-state index contributed by atoms with van der Waals surface area (Å²) in [6.45, 7) is 0. The van der Waals surface area contributed by atoms with Gasteiger partial charge in [0.2, 0.25) is 0 Å². The summed E-state index contributed by atoms with van der Waals surface area (Å²) in [4.78, 5) is 24.8. The zero-order chi connectivity index (χ0) is 16.2. The maximum Gasteiger partial charge on any atom is 0.327 e. The average molecular weight is 327 g/mol. The standard InChI is InChI=1S/C13H13NO7S/c1-20-8-4-3-6-9(10(8)21-2)11(15)14-7(13(16)17)5-22(18,19)12(6)14/h3-4,7,12H,5H2,1-2H3,(H,16,17)/t7-,12+/m1/s1. The first-order chi connectivity index (χ1) is 10.3. The van der Waals surface area contributed by atoms with Crippen LogP contribution in [0.15, 0.2) is 12.1 Å². The first-order valence-electron chi connectivity index (χ1n) is 6.35. The third-order valence-corrected chi connectivity index (χ3v) is 5.84. The summed E-state index contributed by atoms with van der Waals surface area (Å²) in [7, 11) is -1.06. The van der Waals surface area contributed by atoms with Crippen LogP contribution in [0.25, 0.3) is 0 Å². The molecule has 1 fully saturated rings. The van der Waals surface area contributed by atoms with Crippen molar-refractivity contribution >= 4 is 21.7 Å². The van der Waals surface area contributed by atoms with Crippen LogP contribution in [0.1, 0.15) is 21.3 Å². The fourth-order valence-corrected chi connectivity index (χ4v) is 5.10. The summed E-state index contributed by atoms with van der Waals surface area (Å²) in [5.41, 5.74) is 0.271. The molecule has 1 aromatic rings. The summed E-state index contributed by atoms with van der Waals surface area (Å²) in [6.07, 6.45) is 0. The molecular formula is C13H13NO7S. The minimum atomic E-state index is -3.78. The Hall–Kier alpha value is -2.29. The number of ether oxygens (including phenoxy) is 2. The number of carboxylic acids is 1. The largest absolute Gasteiger partial charge is 0.493 e. The van der Waals surface area contributed by atoms with Gasteiger partial charge in [-0.05, 0) is 6.07 Å². The summed E-state index contributed by atoms with van der Waals surface area (Å²) < 4.78 is 34.8. The van der Waals surface area contributed by atoms with Crippen LogP contribution in [0.5, 0.6) is 11.5 Å². The Bertz CT molecular complexity index is 786. The zero-order valence-corrected chi connectivity index (χ0v) is 12.6. The summed E-state index contributed by atoms with van der Waals surface area (Å²) in [5.74, 6) is -2.23. The maximum absolute atomic E-state index is 12.6. The van der Waals surface area contributed by atoms with Gasteiger partial charge in [0.15, 0.2) is 26.7 Å². The number of hydrogen-bond donors (Lipinski definition) is 1. The molecule has 1 N–H and O–H groups in total. The minimum absolute atomic E-state index is 0.0429. The normalized spacial score (nSPS) is 24.8. The van der Waals surface area contributed by atoms with Gasteiger partial charge in [-0.15, -0.1) is 0 Å². The van der Waals surface area contributed by atoms with Crippen LogP contribution in [0, 0.1) is 0 Å². The Morgan fingerprint density at radius 1 is 1.32 bits per heavy atom. The lowest BCUT2D eigenvalue weighted by Crippen LogP contribution is -2.39. The molecule has 118 valence electrons. The second-order valence-corrected chi connectivity index (χ2v) is 7.12. The van der Waals surface area contributed by atoms with E-state index in [9.17, 15) is 23.1 Å². The van der Waals surface area contributed by atoms with Crippen LogP contribution in [0.3, 0.4) is 0 Å². The lowest BCUT2D eigenvalue weighted by atomic mass is 10.1. The SMILES string of the molecule is COc1ccc2c(c1OC)C(=O)N1[C@@H](C(=O)O)CS(=O)(=O)[C@@H]21. The number of aliphatic carboxylic acids is 1. The Balaban J connectivity index is 2.26. The van der Waals surface area contributed by atoms with Crippen LogP contribution in [-0.2, 0) is 14.6 Å². The van der Waals surface area contributed by atoms with E-state index >= 15 is 0 Å². The summed E-state index contributed by atoms with van der Waals surface area (Å²) in [6, 6.07) is 1.56. The van der Waals surface area contributed by atoms with Gasteiger partial charge in [-0.1, -0.05) is 6.07 Å². The topological polar surface area (TPSA) is 110 Å². The number of amides is 1. The third kappa shape index (κ3) is 1.71. The number of carbonyl (C=O) groups is 2. The third-order valence-electron chi connectivity index (χ3n) is 3.90. The molecule has 3 rings (SSSR count). The van der Waals surface area contributed by atoms with Crippen LogP contribution in [-0.4, -0.2) is 56.3 Å². The number of carbonyl (C=O) groups excluding carboxylic acids is 1. The van der Waals surface area contributed by atoms with Gasteiger partial charge in [0, 0.05) is 5.56 Å². The molecule has 0 unspecified atom stereocenters. The van der Waals surface area contributed by atoms with Gasteiger partial charge in [-0.3, -0.25) is 4.79 Å². The molecule has 0 spiro atoms. The fourth-order valence-electron chi connectivity index (χ4n) is 3.01. The molecule has 0 saturated carbocycles. The minimum Gasteiger partial charge on any atom is -0.493 e. The van der Waals surface area contributed by atoms with Crippen LogP contribution >= 0.6 is 0 Å². The smallest absolute Gasteiger partial charge is 0.327 e. The number of methoxy groups -OCH3 is 2. The fraction of sp³-hybridized carbons (Fsp3) is 0.385. The van der Waals surface area contributed by atoms with E-state index in [1.54, 1.807) is 0 Å².